The highest BCUT2D eigenvalue weighted by molar-refractivity contribution is 5.78. The van der Waals surface area contributed by atoms with Crippen LogP contribution in [0.2, 0.25) is 0 Å². The van der Waals surface area contributed by atoms with Crippen molar-refractivity contribution in [3.05, 3.63) is 53.6 Å². The molecule has 0 aliphatic carbocycles. The molecule has 0 bridgehead atoms. The van der Waals surface area contributed by atoms with E-state index in [1.165, 1.54) is 0 Å². The fraction of sp³-hybridized carbons (Fsp3) is 0.316. The molecule has 1 amide bonds. The summed E-state index contributed by atoms with van der Waals surface area (Å²) >= 11 is 0. The number of ether oxygens (including phenoxy) is 3. The number of benzene rings is 2. The van der Waals surface area contributed by atoms with Gasteiger partial charge < -0.3 is 19.5 Å². The Morgan fingerprint density at radius 2 is 2.04 bits per heavy atom. The number of nitrogens with one attached hydrogen (secondary N) is 1. The highest BCUT2D eigenvalue weighted by Gasteiger charge is 2.23. The molecular formula is C19H21NO4. The Morgan fingerprint density at radius 1 is 1.25 bits per heavy atom. The molecular weight excluding hydrogens is 306 g/mol. The van der Waals surface area contributed by atoms with E-state index in [1.54, 1.807) is 19.2 Å². The molecule has 0 aromatic heterocycles. The van der Waals surface area contributed by atoms with Crippen molar-refractivity contribution in [2.75, 3.05) is 20.3 Å². The quantitative estimate of drug-likeness (QED) is 0.917. The number of rotatable bonds is 5. The second-order valence-corrected chi connectivity index (χ2v) is 5.74. The summed E-state index contributed by atoms with van der Waals surface area (Å²) < 4.78 is 16.4. The van der Waals surface area contributed by atoms with Crippen LogP contribution in [0.25, 0.3) is 0 Å². The molecule has 1 atom stereocenters. The van der Waals surface area contributed by atoms with Gasteiger partial charge in [0.15, 0.2) is 18.1 Å². The summed E-state index contributed by atoms with van der Waals surface area (Å²) in [6.45, 7) is 2.56. The Labute approximate surface area is 141 Å². The normalized spacial score (nSPS) is 15.8. The molecule has 2 aromatic carbocycles. The summed E-state index contributed by atoms with van der Waals surface area (Å²) in [6.07, 6.45) is 0.747. The summed E-state index contributed by atoms with van der Waals surface area (Å²) in [5, 5.41) is 3.03. The second-order valence-electron chi connectivity index (χ2n) is 5.74. The van der Waals surface area contributed by atoms with Crippen molar-refractivity contribution in [1.82, 2.24) is 5.32 Å². The highest BCUT2D eigenvalue weighted by Crippen LogP contribution is 2.32. The van der Waals surface area contributed by atoms with Crippen LogP contribution in [0.5, 0.6) is 17.2 Å². The van der Waals surface area contributed by atoms with Crippen LogP contribution in [0, 0.1) is 6.92 Å². The molecule has 0 saturated heterocycles. The average Bonchev–Trinajstić information content (AvgIpc) is 2.60. The molecule has 1 aliphatic rings. The summed E-state index contributed by atoms with van der Waals surface area (Å²) in [7, 11) is 1.57. The molecule has 1 unspecified atom stereocenters. The van der Waals surface area contributed by atoms with E-state index in [0.717, 1.165) is 23.3 Å². The number of para-hydroxylation sites is 2. The van der Waals surface area contributed by atoms with Gasteiger partial charge in [0.05, 0.1) is 19.8 Å². The van der Waals surface area contributed by atoms with Crippen LogP contribution in [-0.4, -0.2) is 26.2 Å². The van der Waals surface area contributed by atoms with Crippen molar-refractivity contribution in [3.8, 4) is 17.2 Å². The highest BCUT2D eigenvalue weighted by atomic mass is 16.5. The lowest BCUT2D eigenvalue weighted by Crippen LogP contribution is -2.35. The molecule has 24 heavy (non-hydrogen) atoms. The van der Waals surface area contributed by atoms with Crippen molar-refractivity contribution in [2.45, 2.75) is 19.4 Å². The molecule has 0 saturated carbocycles. The zero-order valence-electron chi connectivity index (χ0n) is 13.9. The summed E-state index contributed by atoms with van der Waals surface area (Å²) in [5.74, 6) is 1.83. The lowest BCUT2D eigenvalue weighted by Gasteiger charge is -2.27. The Morgan fingerprint density at radius 3 is 2.83 bits per heavy atom. The number of carbonyl (C=O) groups excluding carboxylic acids is 1. The third-order valence-corrected chi connectivity index (χ3v) is 3.97. The van der Waals surface area contributed by atoms with Gasteiger partial charge >= 0.3 is 0 Å². The molecule has 1 N–H and O–H groups in total. The molecule has 5 nitrogen and oxygen atoms in total. The van der Waals surface area contributed by atoms with Gasteiger partial charge in [-0.3, -0.25) is 4.79 Å². The lowest BCUT2D eigenvalue weighted by atomic mass is 9.98. The summed E-state index contributed by atoms with van der Waals surface area (Å²) in [5.41, 5.74) is 2.16. The monoisotopic (exact) mass is 327 g/mol. The second kappa shape index (κ2) is 7.25. The van der Waals surface area contributed by atoms with Crippen molar-refractivity contribution < 1.29 is 19.0 Å². The number of aryl methyl sites for hydroxylation is 1. The number of methoxy groups -OCH3 is 1. The predicted molar refractivity (Wildman–Crippen MR) is 90.7 cm³/mol. The maximum absolute atomic E-state index is 12.3. The molecule has 1 heterocycles. The smallest absolute Gasteiger partial charge is 0.258 e. The van der Waals surface area contributed by atoms with Gasteiger partial charge in [0.25, 0.3) is 5.91 Å². The van der Waals surface area contributed by atoms with Crippen LogP contribution in [0.4, 0.5) is 0 Å². The van der Waals surface area contributed by atoms with Crippen LogP contribution in [0.1, 0.15) is 23.6 Å². The van der Waals surface area contributed by atoms with Crippen molar-refractivity contribution in [1.29, 1.82) is 0 Å². The van der Waals surface area contributed by atoms with Gasteiger partial charge in [-0.15, -0.1) is 0 Å². The van der Waals surface area contributed by atoms with Gasteiger partial charge in [0.2, 0.25) is 0 Å². The maximum atomic E-state index is 12.3. The van der Waals surface area contributed by atoms with Crippen LogP contribution in [0.3, 0.4) is 0 Å². The minimum Gasteiger partial charge on any atom is -0.493 e. The van der Waals surface area contributed by atoms with Gasteiger partial charge in [-0.05, 0) is 25.1 Å². The predicted octanol–water partition coefficient (Wildman–Crippen LogP) is 3.02. The number of hydrogen-bond acceptors (Lipinski definition) is 4. The van der Waals surface area contributed by atoms with Crippen LogP contribution in [-0.2, 0) is 4.79 Å². The zero-order chi connectivity index (χ0) is 16.9. The Balaban J connectivity index is 1.63. The molecule has 2 aromatic rings. The van der Waals surface area contributed by atoms with E-state index in [-0.39, 0.29) is 18.6 Å². The average molecular weight is 327 g/mol. The van der Waals surface area contributed by atoms with Gasteiger partial charge in [-0.25, -0.2) is 0 Å². The third kappa shape index (κ3) is 3.62. The topological polar surface area (TPSA) is 56.8 Å². The van der Waals surface area contributed by atoms with Gasteiger partial charge in [0, 0.05) is 12.0 Å². The molecule has 0 radical (unpaired) electrons. The maximum Gasteiger partial charge on any atom is 0.258 e. The third-order valence-electron chi connectivity index (χ3n) is 3.97. The first-order chi connectivity index (χ1) is 11.7. The first-order valence-electron chi connectivity index (χ1n) is 7.96. The summed E-state index contributed by atoms with van der Waals surface area (Å²) in [4.78, 5) is 12.3. The van der Waals surface area contributed by atoms with E-state index in [9.17, 15) is 4.79 Å². The number of fused-ring (bicyclic) bond motifs is 1. The first kappa shape index (κ1) is 16.2. The zero-order valence-corrected chi connectivity index (χ0v) is 13.9. The van der Waals surface area contributed by atoms with Crippen LogP contribution in [0.15, 0.2) is 42.5 Å². The largest absolute Gasteiger partial charge is 0.493 e. The Kier molecular flexibility index (Phi) is 4.89. The van der Waals surface area contributed by atoms with E-state index in [4.69, 9.17) is 14.2 Å². The summed E-state index contributed by atoms with van der Waals surface area (Å²) in [6, 6.07) is 13.2. The number of hydrogen-bond donors (Lipinski definition) is 1. The van der Waals surface area contributed by atoms with Crippen LogP contribution < -0.4 is 19.5 Å². The number of carbonyl (C=O) groups is 1. The Hall–Kier alpha value is -2.69. The van der Waals surface area contributed by atoms with Gasteiger partial charge in [-0.2, -0.15) is 0 Å². The van der Waals surface area contributed by atoms with E-state index in [2.05, 4.69) is 11.4 Å². The van der Waals surface area contributed by atoms with Crippen molar-refractivity contribution >= 4 is 5.91 Å². The minimum atomic E-state index is -0.166. The lowest BCUT2D eigenvalue weighted by molar-refractivity contribution is -0.124. The number of amides is 1. The fourth-order valence-corrected chi connectivity index (χ4v) is 2.78. The molecule has 126 valence electrons. The molecule has 1 aliphatic heterocycles. The first-order valence-corrected chi connectivity index (χ1v) is 7.96. The van der Waals surface area contributed by atoms with Crippen LogP contribution >= 0.6 is 0 Å². The van der Waals surface area contributed by atoms with E-state index in [0.29, 0.717) is 18.1 Å². The van der Waals surface area contributed by atoms with E-state index in [1.807, 2.05) is 31.2 Å². The minimum absolute atomic E-state index is 0.0533. The van der Waals surface area contributed by atoms with Gasteiger partial charge in [-0.1, -0.05) is 29.8 Å². The molecule has 0 fully saturated rings. The van der Waals surface area contributed by atoms with E-state index >= 15 is 0 Å². The SMILES string of the molecule is COc1ccccc1OCC(=O)NC1CCOc2ccc(C)cc21. The van der Waals surface area contributed by atoms with E-state index < -0.39 is 0 Å². The molecule has 0 spiro atoms. The van der Waals surface area contributed by atoms with Crippen molar-refractivity contribution in [2.24, 2.45) is 0 Å². The Bertz CT molecular complexity index is 729. The standard InChI is InChI=1S/C19H21NO4/c1-13-7-8-16-14(11-13)15(9-10-23-16)20-19(21)12-24-18-6-4-3-5-17(18)22-2/h3-8,11,15H,9-10,12H2,1-2H3,(H,20,21). The molecule has 3 rings (SSSR count). The van der Waals surface area contributed by atoms with Crippen molar-refractivity contribution in [3.63, 3.8) is 0 Å². The molecule has 5 heteroatoms. The van der Waals surface area contributed by atoms with Gasteiger partial charge in [0.1, 0.15) is 5.75 Å². The fourth-order valence-electron chi connectivity index (χ4n) is 2.78.